The number of carboxylic acids is 1. The Morgan fingerprint density at radius 2 is 1.78 bits per heavy atom. The molecule has 1 aromatic carbocycles. The normalized spacial score (nSPS) is 17.3. The Morgan fingerprint density at radius 1 is 1.09 bits per heavy atom. The van der Waals surface area contributed by atoms with E-state index in [2.05, 4.69) is 10.6 Å². The van der Waals surface area contributed by atoms with Crippen molar-refractivity contribution < 1.29 is 29.1 Å². The zero-order valence-electron chi connectivity index (χ0n) is 17.7. The van der Waals surface area contributed by atoms with Gasteiger partial charge in [0.1, 0.15) is 18.1 Å². The molecule has 0 bridgehead atoms. The SMILES string of the molecule is NCC(=O)NC(CCC(N)=O)C(=O)N1CCCC1C(=O)NC(Cc1ccccc1)C(=O)O. The van der Waals surface area contributed by atoms with Crippen LogP contribution in [0.4, 0.5) is 0 Å². The Bertz CT molecular complexity index is 846. The second kappa shape index (κ2) is 11.8. The van der Waals surface area contributed by atoms with Crippen LogP contribution in [0.3, 0.4) is 0 Å². The number of hydrogen-bond acceptors (Lipinski definition) is 6. The van der Waals surface area contributed by atoms with Crippen LogP contribution in [0.25, 0.3) is 0 Å². The summed E-state index contributed by atoms with van der Waals surface area (Å²) in [6, 6.07) is 5.76. The van der Waals surface area contributed by atoms with Crippen LogP contribution in [0.15, 0.2) is 30.3 Å². The summed E-state index contributed by atoms with van der Waals surface area (Å²) in [5.41, 5.74) is 11.2. The first-order chi connectivity index (χ1) is 15.2. The lowest BCUT2D eigenvalue weighted by Gasteiger charge is -2.29. The van der Waals surface area contributed by atoms with Gasteiger partial charge in [-0.25, -0.2) is 4.79 Å². The molecular weight excluding hydrogens is 418 g/mol. The van der Waals surface area contributed by atoms with E-state index in [1.165, 1.54) is 4.90 Å². The quantitative estimate of drug-likeness (QED) is 0.273. The summed E-state index contributed by atoms with van der Waals surface area (Å²) >= 11 is 0. The van der Waals surface area contributed by atoms with Crippen molar-refractivity contribution in [2.45, 2.75) is 50.2 Å². The van der Waals surface area contributed by atoms with Gasteiger partial charge in [0.2, 0.25) is 23.6 Å². The van der Waals surface area contributed by atoms with Crippen LogP contribution in [-0.4, -0.2) is 70.8 Å². The van der Waals surface area contributed by atoms with Crippen LogP contribution in [0, 0.1) is 0 Å². The van der Waals surface area contributed by atoms with Crippen LogP contribution >= 0.6 is 0 Å². The zero-order valence-corrected chi connectivity index (χ0v) is 17.7. The molecule has 0 radical (unpaired) electrons. The Morgan fingerprint density at radius 3 is 2.38 bits per heavy atom. The summed E-state index contributed by atoms with van der Waals surface area (Å²) in [5.74, 6) is -3.53. The van der Waals surface area contributed by atoms with Crippen LogP contribution in [0.1, 0.15) is 31.2 Å². The number of aliphatic carboxylic acids is 1. The third-order valence-corrected chi connectivity index (χ3v) is 5.23. The summed E-state index contributed by atoms with van der Waals surface area (Å²) < 4.78 is 0. The lowest BCUT2D eigenvalue weighted by Crippen LogP contribution is -2.56. The molecule has 0 spiro atoms. The molecule has 1 heterocycles. The van der Waals surface area contributed by atoms with Crippen LogP contribution < -0.4 is 22.1 Å². The molecule has 4 amide bonds. The van der Waals surface area contributed by atoms with Gasteiger partial charge in [0, 0.05) is 19.4 Å². The van der Waals surface area contributed by atoms with Gasteiger partial charge in [-0.05, 0) is 24.8 Å². The van der Waals surface area contributed by atoms with Crippen molar-refractivity contribution in [1.29, 1.82) is 0 Å². The first-order valence-corrected chi connectivity index (χ1v) is 10.4. The standard InChI is InChI=1S/C21H29N5O6/c22-12-18(28)24-14(8-9-17(23)27)20(30)26-10-4-7-16(26)19(29)25-15(21(31)32)11-13-5-2-1-3-6-13/h1-3,5-6,14-16H,4,7-12,22H2,(H2,23,27)(H,24,28)(H,25,29)(H,31,32). The first-order valence-electron chi connectivity index (χ1n) is 10.4. The van der Waals surface area contributed by atoms with E-state index in [0.29, 0.717) is 12.8 Å². The molecule has 2 rings (SSSR count). The van der Waals surface area contributed by atoms with Gasteiger partial charge in [-0.2, -0.15) is 0 Å². The van der Waals surface area contributed by atoms with Gasteiger partial charge in [-0.3, -0.25) is 19.2 Å². The number of benzene rings is 1. The predicted octanol–water partition coefficient (Wildman–Crippen LogP) is -1.50. The van der Waals surface area contributed by atoms with Crippen LogP contribution in [0.5, 0.6) is 0 Å². The highest BCUT2D eigenvalue weighted by Gasteiger charge is 2.38. The van der Waals surface area contributed by atoms with Gasteiger partial charge in [-0.15, -0.1) is 0 Å². The largest absolute Gasteiger partial charge is 0.480 e. The molecule has 1 aromatic rings. The molecule has 11 heteroatoms. The van der Waals surface area contributed by atoms with Crippen molar-refractivity contribution in [3.8, 4) is 0 Å². The fourth-order valence-electron chi connectivity index (χ4n) is 3.62. The van der Waals surface area contributed by atoms with E-state index in [0.717, 1.165) is 5.56 Å². The maximum Gasteiger partial charge on any atom is 0.326 e. The zero-order chi connectivity index (χ0) is 23.7. The lowest BCUT2D eigenvalue weighted by molar-refractivity contribution is -0.144. The summed E-state index contributed by atoms with van der Waals surface area (Å²) in [4.78, 5) is 61.8. The van der Waals surface area contributed by atoms with Gasteiger partial charge in [-0.1, -0.05) is 30.3 Å². The van der Waals surface area contributed by atoms with Crippen LogP contribution in [0.2, 0.25) is 0 Å². The highest BCUT2D eigenvalue weighted by molar-refractivity contribution is 5.94. The van der Waals surface area contributed by atoms with E-state index in [4.69, 9.17) is 11.5 Å². The van der Waals surface area contributed by atoms with Crippen molar-refractivity contribution in [2.75, 3.05) is 13.1 Å². The second-order valence-corrected chi connectivity index (χ2v) is 7.61. The molecule has 3 unspecified atom stereocenters. The minimum Gasteiger partial charge on any atom is -0.480 e. The van der Waals surface area contributed by atoms with E-state index < -0.39 is 47.7 Å². The van der Waals surface area contributed by atoms with Crippen LogP contribution in [-0.2, 0) is 30.4 Å². The Labute approximate surface area is 185 Å². The van der Waals surface area contributed by atoms with Gasteiger partial charge < -0.3 is 32.1 Å². The molecule has 1 fully saturated rings. The number of hydrogen-bond donors (Lipinski definition) is 5. The lowest BCUT2D eigenvalue weighted by atomic mass is 10.0. The van der Waals surface area contributed by atoms with Crippen molar-refractivity contribution in [1.82, 2.24) is 15.5 Å². The van der Waals surface area contributed by atoms with Gasteiger partial charge >= 0.3 is 5.97 Å². The number of rotatable bonds is 11. The van der Waals surface area contributed by atoms with Gasteiger partial charge in [0.05, 0.1) is 6.54 Å². The van der Waals surface area contributed by atoms with Crippen molar-refractivity contribution in [3.63, 3.8) is 0 Å². The fourth-order valence-corrected chi connectivity index (χ4v) is 3.62. The average molecular weight is 447 g/mol. The molecule has 174 valence electrons. The van der Waals surface area contributed by atoms with Gasteiger partial charge in [0.25, 0.3) is 0 Å². The molecule has 0 aromatic heterocycles. The minimum atomic E-state index is -1.19. The van der Waals surface area contributed by atoms with E-state index in [1.54, 1.807) is 30.3 Å². The molecular formula is C21H29N5O6. The Balaban J connectivity index is 2.10. The summed E-state index contributed by atoms with van der Waals surface area (Å²) in [6.07, 6.45) is 0.813. The Hall–Kier alpha value is -3.47. The monoisotopic (exact) mass is 447 g/mol. The number of likely N-dealkylation sites (tertiary alicyclic amines) is 1. The average Bonchev–Trinajstić information content (AvgIpc) is 3.26. The Kier molecular flexibility index (Phi) is 9.14. The molecule has 1 aliphatic heterocycles. The highest BCUT2D eigenvalue weighted by atomic mass is 16.4. The fraction of sp³-hybridized carbons (Fsp3) is 0.476. The third-order valence-electron chi connectivity index (χ3n) is 5.23. The smallest absolute Gasteiger partial charge is 0.326 e. The number of primary amides is 1. The number of nitrogens with two attached hydrogens (primary N) is 2. The van der Waals surface area contributed by atoms with E-state index >= 15 is 0 Å². The second-order valence-electron chi connectivity index (χ2n) is 7.61. The van der Waals surface area contributed by atoms with Crippen molar-refractivity contribution >= 4 is 29.6 Å². The summed E-state index contributed by atoms with van der Waals surface area (Å²) in [6.45, 7) is -0.0804. The molecule has 1 saturated heterocycles. The topological polar surface area (TPSA) is 185 Å². The molecule has 1 aliphatic rings. The number of carboxylic acid groups (broad SMARTS) is 1. The number of nitrogens with one attached hydrogen (secondary N) is 2. The summed E-state index contributed by atoms with van der Waals surface area (Å²) in [5, 5.41) is 14.5. The van der Waals surface area contributed by atoms with Crippen molar-refractivity contribution in [3.05, 3.63) is 35.9 Å². The number of carbonyl (C=O) groups is 5. The first kappa shape index (κ1) is 24.8. The molecule has 0 aliphatic carbocycles. The molecule has 7 N–H and O–H groups in total. The summed E-state index contributed by atoms with van der Waals surface area (Å²) in [7, 11) is 0. The number of carbonyl (C=O) groups excluding carboxylic acids is 4. The third kappa shape index (κ3) is 7.05. The van der Waals surface area contributed by atoms with Gasteiger partial charge in [0.15, 0.2) is 0 Å². The maximum absolute atomic E-state index is 13.1. The van der Waals surface area contributed by atoms with E-state index in [9.17, 15) is 29.1 Å². The molecule has 3 atom stereocenters. The highest BCUT2D eigenvalue weighted by Crippen LogP contribution is 2.20. The molecule has 11 nitrogen and oxygen atoms in total. The maximum atomic E-state index is 13.1. The minimum absolute atomic E-state index is 0.0312. The molecule has 0 saturated carbocycles. The number of nitrogens with zero attached hydrogens (tertiary/aromatic N) is 1. The van der Waals surface area contributed by atoms with Crippen molar-refractivity contribution in [2.24, 2.45) is 11.5 Å². The molecule has 32 heavy (non-hydrogen) atoms. The van der Waals surface area contributed by atoms with E-state index in [1.807, 2.05) is 0 Å². The predicted molar refractivity (Wildman–Crippen MR) is 114 cm³/mol. The van der Waals surface area contributed by atoms with E-state index in [-0.39, 0.29) is 32.4 Å². The number of amides is 4.